The number of carbonyl (C=O) groups is 1. The Labute approximate surface area is 90.3 Å². The number of benzene rings is 1. The Morgan fingerprint density at radius 2 is 2.08 bits per heavy atom. The molecule has 0 aromatic heterocycles. The molecule has 0 atom stereocenters. The van der Waals surface area contributed by atoms with E-state index in [9.17, 15) is 4.79 Å². The first-order valence-corrected chi connectivity index (χ1v) is 4.53. The normalized spacial score (nSPS) is 7.85. The highest BCUT2D eigenvalue weighted by Gasteiger charge is 1.94. The summed E-state index contributed by atoms with van der Waals surface area (Å²) in [5, 5.41) is 7.89. The quantitative estimate of drug-likeness (QED) is 0.726. The maximum Gasteiger partial charge on any atom is 0.150 e. The number of carbonyl (C=O) groups excluding carboxylic acids is 1. The lowest BCUT2D eigenvalue weighted by molar-refractivity contribution is 0.112. The molecule has 0 amide bonds. The van der Waals surface area contributed by atoms with Gasteiger partial charge in [-0.25, -0.2) is 0 Å². The largest absolute Gasteiger partial charge is 0.298 e. The Morgan fingerprint density at radius 3 is 2.46 bits per heavy atom. The van der Waals surface area contributed by atoms with Gasteiger partial charge in [-0.1, -0.05) is 27.5 Å². The van der Waals surface area contributed by atoms with E-state index in [-0.39, 0.29) is 0 Å². The molecule has 13 heavy (non-hydrogen) atoms. The molecule has 0 aliphatic heterocycles. The Morgan fingerprint density at radius 1 is 1.54 bits per heavy atom. The predicted molar refractivity (Wildman–Crippen MR) is 55.8 cm³/mol. The van der Waals surface area contributed by atoms with Crippen molar-refractivity contribution in [2.45, 2.75) is 6.92 Å². The van der Waals surface area contributed by atoms with E-state index in [2.05, 4.69) is 15.9 Å². The smallest absolute Gasteiger partial charge is 0.150 e. The molecule has 2 nitrogen and oxygen atoms in total. The molecule has 0 unspecified atom stereocenters. The third-order valence-electron chi connectivity index (χ3n) is 1.02. The van der Waals surface area contributed by atoms with E-state index in [1.165, 1.54) is 6.92 Å². The average Bonchev–Trinajstić information content (AvgIpc) is 2.04. The number of hydrogen-bond donors (Lipinski definition) is 0. The zero-order chi connectivity index (χ0) is 10.3. The number of rotatable bonds is 1. The molecule has 0 saturated heterocycles. The van der Waals surface area contributed by atoms with Crippen molar-refractivity contribution in [1.29, 1.82) is 5.26 Å². The highest BCUT2D eigenvalue weighted by molar-refractivity contribution is 9.10. The summed E-state index contributed by atoms with van der Waals surface area (Å²) in [6.45, 7) is 1.43. The van der Waals surface area contributed by atoms with Gasteiger partial charge in [0.1, 0.15) is 6.29 Å². The van der Waals surface area contributed by atoms with Crippen molar-refractivity contribution in [3.63, 3.8) is 0 Å². The molecule has 0 radical (unpaired) electrons. The molecular weight excluding hydrogens is 253 g/mol. The van der Waals surface area contributed by atoms with Crippen LogP contribution in [0.5, 0.6) is 0 Å². The number of nitrogens with zero attached hydrogens (tertiary/aromatic N) is 1. The van der Waals surface area contributed by atoms with Gasteiger partial charge in [-0.15, -0.1) is 0 Å². The molecule has 0 fully saturated rings. The van der Waals surface area contributed by atoms with E-state index in [0.717, 1.165) is 10.8 Å². The molecule has 4 heteroatoms. The number of halogens is 2. The van der Waals surface area contributed by atoms with E-state index < -0.39 is 0 Å². The van der Waals surface area contributed by atoms with E-state index >= 15 is 0 Å². The van der Waals surface area contributed by atoms with Crippen LogP contribution in [0.2, 0.25) is 5.02 Å². The topological polar surface area (TPSA) is 40.9 Å². The van der Waals surface area contributed by atoms with Gasteiger partial charge in [0.05, 0.1) is 6.07 Å². The van der Waals surface area contributed by atoms with E-state index in [0.29, 0.717) is 10.6 Å². The Hall–Kier alpha value is -0.850. The minimum absolute atomic E-state index is 0.566. The van der Waals surface area contributed by atoms with E-state index in [4.69, 9.17) is 16.9 Å². The summed E-state index contributed by atoms with van der Waals surface area (Å²) in [4.78, 5) is 10.2. The van der Waals surface area contributed by atoms with Crippen molar-refractivity contribution in [1.82, 2.24) is 0 Å². The summed E-state index contributed by atoms with van der Waals surface area (Å²) in [6.07, 6.45) is 0.761. The minimum atomic E-state index is 0.566. The van der Waals surface area contributed by atoms with Crippen molar-refractivity contribution in [2.75, 3.05) is 0 Å². The Bertz CT molecular complexity index is 313. The van der Waals surface area contributed by atoms with Crippen LogP contribution >= 0.6 is 27.5 Å². The van der Waals surface area contributed by atoms with Crippen LogP contribution in [0.25, 0.3) is 0 Å². The second-order valence-corrected chi connectivity index (χ2v) is 3.40. The highest BCUT2D eigenvalue weighted by atomic mass is 79.9. The van der Waals surface area contributed by atoms with Crippen molar-refractivity contribution in [3.8, 4) is 6.07 Å². The third kappa shape index (κ3) is 5.40. The van der Waals surface area contributed by atoms with Crippen LogP contribution in [0.1, 0.15) is 17.3 Å². The van der Waals surface area contributed by atoms with Crippen molar-refractivity contribution in [2.24, 2.45) is 0 Å². The second-order valence-electron chi connectivity index (χ2n) is 2.04. The first kappa shape index (κ1) is 12.2. The lowest BCUT2D eigenvalue weighted by Crippen LogP contribution is -1.78. The number of aldehydes is 1. The first-order chi connectivity index (χ1) is 6.13. The van der Waals surface area contributed by atoms with Gasteiger partial charge in [0.25, 0.3) is 0 Å². The van der Waals surface area contributed by atoms with Gasteiger partial charge in [-0.05, 0) is 18.2 Å². The molecule has 68 valence electrons. The van der Waals surface area contributed by atoms with Crippen molar-refractivity contribution in [3.05, 3.63) is 33.3 Å². The SMILES string of the molecule is CC#N.O=Cc1cc(Cl)cc(Br)c1. The predicted octanol–water partition coefficient (Wildman–Crippen LogP) is 3.44. The molecule has 0 saturated carbocycles. The molecule has 0 heterocycles. The van der Waals surface area contributed by atoms with Crippen LogP contribution in [0, 0.1) is 11.3 Å². The molecular formula is C9H7BrClNO. The van der Waals surface area contributed by atoms with Crippen LogP contribution in [-0.4, -0.2) is 6.29 Å². The maximum atomic E-state index is 10.2. The van der Waals surface area contributed by atoms with Gasteiger partial charge in [-0.2, -0.15) is 5.26 Å². The fourth-order valence-electron chi connectivity index (χ4n) is 0.643. The molecule has 0 spiro atoms. The van der Waals surface area contributed by atoms with Gasteiger partial charge < -0.3 is 0 Å². The molecule has 0 aliphatic rings. The van der Waals surface area contributed by atoms with Crippen molar-refractivity contribution < 1.29 is 4.79 Å². The second kappa shape index (κ2) is 6.64. The summed E-state index contributed by atoms with van der Waals surface area (Å²) in [6, 6.07) is 6.80. The van der Waals surface area contributed by atoms with Crippen LogP contribution in [0.15, 0.2) is 22.7 Å². The first-order valence-electron chi connectivity index (χ1n) is 3.36. The van der Waals surface area contributed by atoms with Gasteiger partial charge in [-0.3, -0.25) is 4.79 Å². The summed E-state index contributed by atoms with van der Waals surface area (Å²) in [5.74, 6) is 0. The van der Waals surface area contributed by atoms with Crippen LogP contribution in [0.4, 0.5) is 0 Å². The lowest BCUT2D eigenvalue weighted by atomic mass is 10.2. The van der Waals surface area contributed by atoms with Crippen LogP contribution in [-0.2, 0) is 0 Å². The monoisotopic (exact) mass is 259 g/mol. The summed E-state index contributed by atoms with van der Waals surface area (Å²) < 4.78 is 0.821. The molecule has 1 aromatic carbocycles. The molecule has 0 N–H and O–H groups in total. The zero-order valence-corrected chi connectivity index (χ0v) is 9.26. The van der Waals surface area contributed by atoms with E-state index in [1.807, 2.05) is 0 Å². The molecule has 0 aliphatic carbocycles. The summed E-state index contributed by atoms with van der Waals surface area (Å²) >= 11 is 8.85. The third-order valence-corrected chi connectivity index (χ3v) is 1.70. The lowest BCUT2D eigenvalue weighted by Gasteiger charge is -1.93. The van der Waals surface area contributed by atoms with Gasteiger partial charge >= 0.3 is 0 Å². The van der Waals surface area contributed by atoms with Gasteiger partial charge in [0, 0.05) is 22.0 Å². The summed E-state index contributed by atoms with van der Waals surface area (Å²) in [7, 11) is 0. The summed E-state index contributed by atoms with van der Waals surface area (Å²) in [5.41, 5.74) is 0.583. The average molecular weight is 261 g/mol. The van der Waals surface area contributed by atoms with Crippen LogP contribution < -0.4 is 0 Å². The fraction of sp³-hybridized carbons (Fsp3) is 0.111. The number of hydrogen-bond acceptors (Lipinski definition) is 2. The maximum absolute atomic E-state index is 10.2. The minimum Gasteiger partial charge on any atom is -0.298 e. The standard InChI is InChI=1S/C7H4BrClO.C2H3N/c8-6-1-5(4-10)2-7(9)3-6;1-2-3/h1-4H;1H3. The Balaban J connectivity index is 0.000000424. The zero-order valence-electron chi connectivity index (χ0n) is 6.92. The van der Waals surface area contributed by atoms with Crippen LogP contribution in [0.3, 0.4) is 0 Å². The number of nitriles is 1. The fourth-order valence-corrected chi connectivity index (χ4v) is 1.53. The highest BCUT2D eigenvalue weighted by Crippen LogP contribution is 2.18. The molecule has 1 rings (SSSR count). The molecule has 1 aromatic rings. The van der Waals surface area contributed by atoms with E-state index in [1.54, 1.807) is 24.3 Å². The van der Waals surface area contributed by atoms with Gasteiger partial charge in [0.2, 0.25) is 0 Å². The van der Waals surface area contributed by atoms with Crippen molar-refractivity contribution >= 4 is 33.8 Å². The molecule has 0 bridgehead atoms. The Kier molecular flexibility index (Phi) is 6.21. The van der Waals surface area contributed by atoms with Gasteiger partial charge in [0.15, 0.2) is 0 Å².